The highest BCUT2D eigenvalue weighted by Gasteiger charge is 2.65. The first kappa shape index (κ1) is 17.1. The molecule has 7 nitrogen and oxygen atoms in total. The summed E-state index contributed by atoms with van der Waals surface area (Å²) in [4.78, 5) is 25.3. The molecule has 1 heterocycles. The summed E-state index contributed by atoms with van der Waals surface area (Å²) in [5, 5.41) is 18.8. The van der Waals surface area contributed by atoms with Crippen LogP contribution in [0.15, 0.2) is 0 Å². The zero-order valence-corrected chi connectivity index (χ0v) is 13.5. The van der Waals surface area contributed by atoms with Gasteiger partial charge in [-0.3, -0.25) is 4.79 Å². The summed E-state index contributed by atoms with van der Waals surface area (Å²) in [7, 11) is -1.53. The van der Waals surface area contributed by atoms with Gasteiger partial charge in [0.05, 0.1) is 12.5 Å². The van der Waals surface area contributed by atoms with Gasteiger partial charge in [0.15, 0.2) is 0 Å². The molecule has 1 saturated carbocycles. The Morgan fingerprint density at radius 3 is 2.32 bits per heavy atom. The molecule has 2 N–H and O–H groups in total. The van der Waals surface area contributed by atoms with Gasteiger partial charge in [0.25, 0.3) is 0 Å². The predicted octanol–water partition coefficient (Wildman–Crippen LogP) is 0.505. The number of hydrogen-bond acceptors (Lipinski definition) is 6. The Bertz CT molecular complexity index is 443. The lowest BCUT2D eigenvalue weighted by atomic mass is 9.78. The highest BCUT2D eigenvalue weighted by Crippen LogP contribution is 2.59. The number of carbonyl (C=O) groups is 2. The van der Waals surface area contributed by atoms with Crippen LogP contribution in [-0.2, 0) is 14.3 Å². The number of hydrogen-bond donors (Lipinski definition) is 2. The number of ether oxygens (including phenoxy) is 2. The Morgan fingerprint density at radius 2 is 1.86 bits per heavy atom. The van der Waals surface area contributed by atoms with Crippen molar-refractivity contribution in [2.24, 2.45) is 17.8 Å². The summed E-state index contributed by atoms with van der Waals surface area (Å²) >= 11 is 0. The molecule has 0 radical (unpaired) electrons. The maximum atomic E-state index is 11.9. The van der Waals surface area contributed by atoms with Crippen LogP contribution in [-0.4, -0.2) is 59.4 Å². The second kappa shape index (κ2) is 6.08. The average molecular weight is 313 g/mol. The third kappa shape index (κ3) is 3.55. The minimum absolute atomic E-state index is 0.0775. The van der Waals surface area contributed by atoms with Gasteiger partial charge in [-0.05, 0) is 39.5 Å². The smallest absolute Gasteiger partial charge is 0.455 e. The number of likely N-dealkylation sites (tertiary alicyclic amines) is 1. The quantitative estimate of drug-likeness (QED) is 0.580. The van der Waals surface area contributed by atoms with Gasteiger partial charge in [-0.15, -0.1) is 0 Å². The molecule has 0 bridgehead atoms. The maximum absolute atomic E-state index is 11.9. The van der Waals surface area contributed by atoms with Gasteiger partial charge in [0, 0.05) is 18.9 Å². The van der Waals surface area contributed by atoms with Crippen LogP contribution in [0.1, 0.15) is 27.7 Å². The molecule has 1 saturated heterocycles. The Balaban J connectivity index is 1.87. The maximum Gasteiger partial charge on any atom is 0.455 e. The van der Waals surface area contributed by atoms with Crippen molar-refractivity contribution in [3.63, 3.8) is 0 Å². The monoisotopic (exact) mass is 313 g/mol. The molecule has 1 amide bonds. The third-order valence-electron chi connectivity index (χ3n) is 4.14. The van der Waals surface area contributed by atoms with E-state index in [0.29, 0.717) is 13.1 Å². The van der Waals surface area contributed by atoms with E-state index in [4.69, 9.17) is 9.47 Å². The topological polar surface area (TPSA) is 96.3 Å². The molecule has 0 aromatic heterocycles. The van der Waals surface area contributed by atoms with Gasteiger partial charge >= 0.3 is 19.2 Å². The molecule has 2 fully saturated rings. The number of carbonyl (C=O) groups excluding carboxylic acids is 2. The van der Waals surface area contributed by atoms with Crippen LogP contribution in [0, 0.1) is 17.8 Å². The Hall–Kier alpha value is -1.28. The molecule has 8 heteroatoms. The van der Waals surface area contributed by atoms with Crippen molar-refractivity contribution in [3.8, 4) is 0 Å². The fourth-order valence-electron chi connectivity index (χ4n) is 3.14. The van der Waals surface area contributed by atoms with Gasteiger partial charge in [-0.1, -0.05) is 0 Å². The number of amides is 1. The Kier molecular flexibility index (Phi) is 4.72. The summed E-state index contributed by atoms with van der Waals surface area (Å²) in [6, 6.07) is 0. The van der Waals surface area contributed by atoms with Crippen LogP contribution < -0.4 is 0 Å². The van der Waals surface area contributed by atoms with E-state index in [1.165, 1.54) is 0 Å². The van der Waals surface area contributed by atoms with Crippen molar-refractivity contribution >= 4 is 19.2 Å². The van der Waals surface area contributed by atoms with E-state index in [1.54, 1.807) is 32.6 Å². The highest BCUT2D eigenvalue weighted by molar-refractivity contribution is 6.45. The first-order valence-corrected chi connectivity index (χ1v) is 7.66. The SMILES string of the molecule is CCOC(=O)C1C(B(O)O)C1C1CN(C(=O)OC(C)(C)C)C1. The van der Waals surface area contributed by atoms with Crippen molar-refractivity contribution in [2.45, 2.75) is 39.1 Å². The van der Waals surface area contributed by atoms with Gasteiger partial charge in [0.2, 0.25) is 0 Å². The fraction of sp³-hybridized carbons (Fsp3) is 0.857. The van der Waals surface area contributed by atoms with E-state index in [0.717, 1.165) is 0 Å². The van der Waals surface area contributed by atoms with E-state index in [-0.39, 0.29) is 30.5 Å². The molecule has 2 aliphatic rings. The minimum Gasteiger partial charge on any atom is -0.466 e. The molecule has 0 aromatic carbocycles. The number of nitrogens with zero attached hydrogens (tertiary/aromatic N) is 1. The molecule has 0 spiro atoms. The molecule has 1 aliphatic carbocycles. The standard InChI is InChI=1S/C14H24BNO6/c1-5-21-12(17)10-9(11(10)15(19)20)8-6-16(7-8)13(18)22-14(2,3)4/h8-11,19-20H,5-7H2,1-4H3. The summed E-state index contributed by atoms with van der Waals surface area (Å²) < 4.78 is 10.2. The molecular formula is C14H24BNO6. The molecule has 3 unspecified atom stereocenters. The largest absolute Gasteiger partial charge is 0.466 e. The van der Waals surface area contributed by atoms with Crippen molar-refractivity contribution in [1.29, 1.82) is 0 Å². The first-order chi connectivity index (χ1) is 10.2. The van der Waals surface area contributed by atoms with E-state index >= 15 is 0 Å². The van der Waals surface area contributed by atoms with Crippen LogP contribution in [0.5, 0.6) is 0 Å². The third-order valence-corrected chi connectivity index (χ3v) is 4.14. The number of rotatable bonds is 4. The molecular weight excluding hydrogens is 289 g/mol. The summed E-state index contributed by atoms with van der Waals surface area (Å²) in [6.45, 7) is 8.34. The summed E-state index contributed by atoms with van der Waals surface area (Å²) in [6.07, 6.45) is -0.377. The van der Waals surface area contributed by atoms with E-state index in [9.17, 15) is 19.6 Å². The zero-order chi connectivity index (χ0) is 16.7. The van der Waals surface area contributed by atoms with Gasteiger partial charge in [0.1, 0.15) is 5.60 Å². The van der Waals surface area contributed by atoms with Crippen molar-refractivity contribution < 1.29 is 29.1 Å². The van der Waals surface area contributed by atoms with Crippen LogP contribution in [0.4, 0.5) is 4.79 Å². The van der Waals surface area contributed by atoms with Crippen LogP contribution in [0.2, 0.25) is 5.82 Å². The lowest BCUT2D eigenvalue weighted by Gasteiger charge is -2.40. The predicted molar refractivity (Wildman–Crippen MR) is 78.9 cm³/mol. The second-order valence-electron chi connectivity index (χ2n) is 6.99. The summed E-state index contributed by atoms with van der Waals surface area (Å²) in [5.41, 5.74) is -0.543. The molecule has 0 aromatic rings. The lowest BCUT2D eigenvalue weighted by Crippen LogP contribution is -2.52. The van der Waals surface area contributed by atoms with Crippen LogP contribution in [0.25, 0.3) is 0 Å². The average Bonchev–Trinajstić information content (AvgIpc) is 2.99. The lowest BCUT2D eigenvalue weighted by molar-refractivity contribution is -0.145. The molecule has 124 valence electrons. The Morgan fingerprint density at radius 1 is 1.27 bits per heavy atom. The number of esters is 1. The normalized spacial score (nSPS) is 27.9. The molecule has 3 atom stereocenters. The van der Waals surface area contributed by atoms with Crippen LogP contribution in [0.3, 0.4) is 0 Å². The molecule has 22 heavy (non-hydrogen) atoms. The van der Waals surface area contributed by atoms with Crippen molar-refractivity contribution in [1.82, 2.24) is 4.90 Å². The van der Waals surface area contributed by atoms with Gasteiger partial charge < -0.3 is 24.4 Å². The zero-order valence-electron chi connectivity index (χ0n) is 13.5. The fourth-order valence-corrected chi connectivity index (χ4v) is 3.14. The van der Waals surface area contributed by atoms with Crippen molar-refractivity contribution in [2.75, 3.05) is 19.7 Å². The molecule has 2 rings (SSSR count). The van der Waals surface area contributed by atoms with Crippen molar-refractivity contribution in [3.05, 3.63) is 0 Å². The van der Waals surface area contributed by atoms with Crippen LogP contribution >= 0.6 is 0 Å². The Labute approximate surface area is 130 Å². The first-order valence-electron chi connectivity index (χ1n) is 7.66. The highest BCUT2D eigenvalue weighted by atomic mass is 16.6. The van der Waals surface area contributed by atoms with E-state index in [2.05, 4.69) is 0 Å². The minimum atomic E-state index is -1.53. The second-order valence-corrected chi connectivity index (χ2v) is 6.99. The van der Waals surface area contributed by atoms with Gasteiger partial charge in [-0.25, -0.2) is 4.79 Å². The van der Waals surface area contributed by atoms with E-state index < -0.39 is 24.5 Å². The van der Waals surface area contributed by atoms with E-state index in [1.807, 2.05) is 0 Å². The molecule has 1 aliphatic heterocycles. The summed E-state index contributed by atoms with van der Waals surface area (Å²) in [5.74, 6) is -1.43. The van der Waals surface area contributed by atoms with Gasteiger partial charge in [-0.2, -0.15) is 0 Å².